The minimum Gasteiger partial charge on any atom is -0.396 e. The van der Waals surface area contributed by atoms with E-state index in [0.29, 0.717) is 17.3 Å². The molecule has 0 radical (unpaired) electrons. The molecule has 1 aromatic carbocycles. The molecule has 4 nitrogen and oxygen atoms in total. The van der Waals surface area contributed by atoms with Crippen LogP contribution in [0.4, 0.5) is 11.4 Å². The van der Waals surface area contributed by atoms with Crippen LogP contribution in [0.2, 0.25) is 0 Å². The van der Waals surface area contributed by atoms with Crippen molar-refractivity contribution in [1.82, 2.24) is 4.90 Å². The van der Waals surface area contributed by atoms with Crippen molar-refractivity contribution in [2.45, 2.75) is 19.9 Å². The SMILES string of the molecule is CCN(c1cccc(C#N)c1N)C(C)CN(C)C. The number of nitrogens with zero attached hydrogens (tertiary/aromatic N) is 3. The highest BCUT2D eigenvalue weighted by atomic mass is 15.2. The molecule has 1 aromatic rings. The Balaban J connectivity index is 3.06. The summed E-state index contributed by atoms with van der Waals surface area (Å²) < 4.78 is 0. The third-order valence-electron chi connectivity index (χ3n) is 3.02. The van der Waals surface area contributed by atoms with Crippen LogP contribution in [0, 0.1) is 11.3 Å². The van der Waals surface area contributed by atoms with Crippen LogP contribution in [0.15, 0.2) is 18.2 Å². The molecule has 4 heteroatoms. The second kappa shape index (κ2) is 6.27. The second-order valence-corrected chi connectivity index (χ2v) is 4.75. The molecule has 0 aliphatic heterocycles. The van der Waals surface area contributed by atoms with E-state index in [1.54, 1.807) is 6.07 Å². The van der Waals surface area contributed by atoms with Gasteiger partial charge in [-0.15, -0.1) is 0 Å². The Bertz CT molecular complexity index is 434. The first kappa shape index (κ1) is 14.3. The van der Waals surface area contributed by atoms with E-state index in [4.69, 9.17) is 11.0 Å². The third kappa shape index (κ3) is 3.14. The molecular weight excluding hydrogens is 224 g/mol. The predicted molar refractivity (Wildman–Crippen MR) is 76.6 cm³/mol. The molecule has 2 N–H and O–H groups in total. The topological polar surface area (TPSA) is 56.3 Å². The van der Waals surface area contributed by atoms with Crippen molar-refractivity contribution < 1.29 is 0 Å². The van der Waals surface area contributed by atoms with Gasteiger partial charge in [-0.1, -0.05) is 6.07 Å². The van der Waals surface area contributed by atoms with Crippen LogP contribution in [-0.4, -0.2) is 38.1 Å². The number of rotatable bonds is 5. The van der Waals surface area contributed by atoms with Gasteiger partial charge in [0.25, 0.3) is 0 Å². The maximum atomic E-state index is 9.02. The Morgan fingerprint density at radius 2 is 2.06 bits per heavy atom. The molecule has 1 unspecified atom stereocenters. The monoisotopic (exact) mass is 246 g/mol. The lowest BCUT2D eigenvalue weighted by molar-refractivity contribution is 0.373. The van der Waals surface area contributed by atoms with Crippen LogP contribution in [0.1, 0.15) is 19.4 Å². The van der Waals surface area contributed by atoms with Crippen LogP contribution in [0.5, 0.6) is 0 Å². The summed E-state index contributed by atoms with van der Waals surface area (Å²) in [4.78, 5) is 4.38. The van der Waals surface area contributed by atoms with Gasteiger partial charge in [0.15, 0.2) is 0 Å². The molecule has 0 bridgehead atoms. The zero-order valence-corrected chi connectivity index (χ0v) is 11.6. The molecule has 0 saturated carbocycles. The number of hydrogen-bond acceptors (Lipinski definition) is 4. The van der Waals surface area contributed by atoms with Crippen molar-refractivity contribution in [1.29, 1.82) is 5.26 Å². The van der Waals surface area contributed by atoms with Gasteiger partial charge in [-0.25, -0.2) is 0 Å². The molecule has 1 rings (SSSR count). The van der Waals surface area contributed by atoms with Gasteiger partial charge in [0.05, 0.1) is 16.9 Å². The Kier molecular flexibility index (Phi) is 4.99. The zero-order valence-electron chi connectivity index (χ0n) is 11.6. The molecule has 0 spiro atoms. The van der Waals surface area contributed by atoms with Gasteiger partial charge in [-0.05, 0) is 40.1 Å². The highest BCUT2D eigenvalue weighted by Crippen LogP contribution is 2.27. The lowest BCUT2D eigenvalue weighted by Crippen LogP contribution is -2.40. The standard InChI is InChI=1S/C14H22N4/c1-5-18(11(2)10-17(3)4)13-8-6-7-12(9-15)14(13)16/h6-8,11H,5,10,16H2,1-4H3. The van der Waals surface area contributed by atoms with Crippen LogP contribution < -0.4 is 10.6 Å². The summed E-state index contributed by atoms with van der Waals surface area (Å²) in [5.41, 5.74) is 8.13. The van der Waals surface area contributed by atoms with E-state index >= 15 is 0 Å². The van der Waals surface area contributed by atoms with Gasteiger partial charge >= 0.3 is 0 Å². The lowest BCUT2D eigenvalue weighted by atomic mass is 10.1. The van der Waals surface area contributed by atoms with Crippen molar-refractivity contribution in [2.24, 2.45) is 0 Å². The Morgan fingerprint density at radius 3 is 2.56 bits per heavy atom. The first-order valence-corrected chi connectivity index (χ1v) is 6.21. The van der Waals surface area contributed by atoms with Crippen molar-refractivity contribution in [2.75, 3.05) is 37.8 Å². The van der Waals surface area contributed by atoms with E-state index in [2.05, 4.69) is 43.8 Å². The van der Waals surface area contributed by atoms with Gasteiger partial charge in [0, 0.05) is 19.1 Å². The number of anilines is 2. The number of hydrogen-bond donors (Lipinski definition) is 1. The summed E-state index contributed by atoms with van der Waals surface area (Å²) in [5, 5.41) is 9.02. The van der Waals surface area contributed by atoms with E-state index in [9.17, 15) is 0 Å². The molecule has 0 aliphatic rings. The third-order valence-corrected chi connectivity index (χ3v) is 3.02. The fourth-order valence-electron chi connectivity index (χ4n) is 2.25. The highest BCUT2D eigenvalue weighted by molar-refractivity contribution is 5.74. The normalized spacial score (nSPS) is 12.2. The summed E-state index contributed by atoms with van der Waals surface area (Å²) in [6.45, 7) is 6.09. The number of likely N-dealkylation sites (N-methyl/N-ethyl adjacent to an activating group) is 2. The molecule has 0 saturated heterocycles. The Labute approximate surface area is 110 Å². The summed E-state index contributed by atoms with van der Waals surface area (Å²) in [5.74, 6) is 0. The van der Waals surface area contributed by atoms with E-state index in [1.165, 1.54) is 0 Å². The highest BCUT2D eigenvalue weighted by Gasteiger charge is 2.17. The fraction of sp³-hybridized carbons (Fsp3) is 0.500. The Morgan fingerprint density at radius 1 is 1.39 bits per heavy atom. The van der Waals surface area contributed by atoms with Gasteiger partial charge in [0.2, 0.25) is 0 Å². The number of para-hydroxylation sites is 1. The maximum Gasteiger partial charge on any atom is 0.101 e. The van der Waals surface area contributed by atoms with Gasteiger partial charge in [-0.3, -0.25) is 0 Å². The predicted octanol–water partition coefficient (Wildman–Crippen LogP) is 1.92. The van der Waals surface area contributed by atoms with Crippen molar-refractivity contribution in [3.63, 3.8) is 0 Å². The average molecular weight is 246 g/mol. The van der Waals surface area contributed by atoms with Gasteiger partial charge in [-0.2, -0.15) is 5.26 Å². The van der Waals surface area contributed by atoms with Crippen molar-refractivity contribution >= 4 is 11.4 Å². The zero-order chi connectivity index (χ0) is 13.7. The molecule has 0 amide bonds. The van der Waals surface area contributed by atoms with Crippen LogP contribution >= 0.6 is 0 Å². The summed E-state index contributed by atoms with van der Waals surface area (Å²) in [6, 6.07) is 8.10. The van der Waals surface area contributed by atoms with E-state index < -0.39 is 0 Å². The first-order chi connectivity index (χ1) is 8.51. The smallest absolute Gasteiger partial charge is 0.101 e. The van der Waals surface area contributed by atoms with Crippen LogP contribution in [0.3, 0.4) is 0 Å². The molecule has 0 fully saturated rings. The lowest BCUT2D eigenvalue weighted by Gasteiger charge is -2.33. The quantitative estimate of drug-likeness (QED) is 0.806. The summed E-state index contributed by atoms with van der Waals surface area (Å²) >= 11 is 0. The fourth-order valence-corrected chi connectivity index (χ4v) is 2.25. The molecule has 1 atom stereocenters. The minimum atomic E-state index is 0.348. The molecule has 18 heavy (non-hydrogen) atoms. The molecule has 98 valence electrons. The Hall–Kier alpha value is -1.73. The second-order valence-electron chi connectivity index (χ2n) is 4.75. The summed E-state index contributed by atoms with van der Waals surface area (Å²) in [7, 11) is 4.11. The summed E-state index contributed by atoms with van der Waals surface area (Å²) in [6.07, 6.45) is 0. The van der Waals surface area contributed by atoms with E-state index in [1.807, 2.05) is 12.1 Å². The molecular formula is C14H22N4. The minimum absolute atomic E-state index is 0.348. The molecule has 0 aliphatic carbocycles. The molecule has 0 aromatic heterocycles. The molecule has 0 heterocycles. The number of nitrogens with two attached hydrogens (primary N) is 1. The average Bonchev–Trinajstić information content (AvgIpc) is 2.31. The maximum absolute atomic E-state index is 9.02. The number of nitriles is 1. The first-order valence-electron chi connectivity index (χ1n) is 6.21. The van der Waals surface area contributed by atoms with Crippen molar-refractivity contribution in [3.05, 3.63) is 23.8 Å². The van der Waals surface area contributed by atoms with E-state index in [-0.39, 0.29) is 0 Å². The van der Waals surface area contributed by atoms with E-state index in [0.717, 1.165) is 18.8 Å². The van der Waals surface area contributed by atoms with Gasteiger partial charge in [0.1, 0.15) is 6.07 Å². The van der Waals surface area contributed by atoms with Crippen molar-refractivity contribution in [3.8, 4) is 6.07 Å². The van der Waals surface area contributed by atoms with Gasteiger partial charge < -0.3 is 15.5 Å². The van der Waals surface area contributed by atoms with Crippen LogP contribution in [0.25, 0.3) is 0 Å². The number of benzene rings is 1. The number of nitrogen functional groups attached to an aromatic ring is 1. The largest absolute Gasteiger partial charge is 0.396 e. The van der Waals surface area contributed by atoms with Crippen LogP contribution in [-0.2, 0) is 0 Å².